The van der Waals surface area contributed by atoms with Gasteiger partial charge >= 0.3 is 35.5 Å². The van der Waals surface area contributed by atoms with E-state index in [4.69, 9.17) is 10.2 Å². The fraction of sp³-hybridized carbons (Fsp3) is 0. The standard InChI is InChI=1S/C7H6O3.Na/c8-6-3-1-2-5(4-6)7(9)10;/h1-4,8H,(H,9,10);/q;+1. The summed E-state index contributed by atoms with van der Waals surface area (Å²) in [5.74, 6) is -1.06. The first kappa shape index (κ1) is 10.5. The topological polar surface area (TPSA) is 57.5 Å². The SMILES string of the molecule is O=C(O)c1cccc(O)c1.[Na+]. The van der Waals surface area contributed by atoms with Gasteiger partial charge in [0.1, 0.15) is 5.75 Å². The molecular weight excluding hydrogens is 155 g/mol. The Morgan fingerprint density at radius 1 is 1.36 bits per heavy atom. The van der Waals surface area contributed by atoms with E-state index >= 15 is 0 Å². The van der Waals surface area contributed by atoms with Gasteiger partial charge in [0.25, 0.3) is 0 Å². The van der Waals surface area contributed by atoms with Gasteiger partial charge in [-0.2, -0.15) is 0 Å². The summed E-state index contributed by atoms with van der Waals surface area (Å²) in [6.45, 7) is 0. The number of carboxylic acid groups (broad SMARTS) is 1. The molecule has 0 amide bonds. The number of phenolic OH excluding ortho intramolecular Hbond substituents is 1. The number of carboxylic acids is 1. The fourth-order valence-corrected chi connectivity index (χ4v) is 0.639. The number of aromatic hydroxyl groups is 1. The largest absolute Gasteiger partial charge is 1.00 e. The average Bonchev–Trinajstić information content (AvgIpc) is 1.88. The number of hydrogen-bond acceptors (Lipinski definition) is 2. The van der Waals surface area contributed by atoms with Crippen molar-refractivity contribution in [3.05, 3.63) is 29.8 Å². The van der Waals surface area contributed by atoms with Crippen LogP contribution in [0.2, 0.25) is 0 Å². The number of phenols is 1. The van der Waals surface area contributed by atoms with Crippen molar-refractivity contribution in [2.24, 2.45) is 0 Å². The monoisotopic (exact) mass is 161 g/mol. The Morgan fingerprint density at radius 2 is 2.00 bits per heavy atom. The Morgan fingerprint density at radius 3 is 2.36 bits per heavy atom. The van der Waals surface area contributed by atoms with Gasteiger partial charge in [0.05, 0.1) is 5.56 Å². The number of hydrogen-bond donors (Lipinski definition) is 2. The van der Waals surface area contributed by atoms with E-state index in [9.17, 15) is 4.79 Å². The first-order valence-corrected chi connectivity index (χ1v) is 2.72. The molecule has 0 spiro atoms. The van der Waals surface area contributed by atoms with Crippen molar-refractivity contribution in [3.63, 3.8) is 0 Å². The summed E-state index contributed by atoms with van der Waals surface area (Å²) in [5, 5.41) is 17.2. The second-order valence-electron chi connectivity index (χ2n) is 1.86. The predicted molar refractivity (Wildman–Crippen MR) is 35.1 cm³/mol. The Hall–Kier alpha value is -0.510. The molecule has 1 rings (SSSR count). The zero-order chi connectivity index (χ0) is 7.56. The average molecular weight is 161 g/mol. The molecule has 0 bridgehead atoms. The van der Waals surface area contributed by atoms with E-state index in [2.05, 4.69) is 0 Å². The van der Waals surface area contributed by atoms with Crippen molar-refractivity contribution < 1.29 is 44.6 Å². The zero-order valence-corrected chi connectivity index (χ0v) is 8.11. The Balaban J connectivity index is 0.000001000. The second kappa shape index (κ2) is 4.38. The van der Waals surface area contributed by atoms with Crippen LogP contribution in [0.15, 0.2) is 24.3 Å². The van der Waals surface area contributed by atoms with Crippen LogP contribution in [0.25, 0.3) is 0 Å². The molecule has 4 heteroatoms. The van der Waals surface area contributed by atoms with Gasteiger partial charge in [-0.25, -0.2) is 4.79 Å². The number of benzene rings is 1. The van der Waals surface area contributed by atoms with E-state index in [0.717, 1.165) is 0 Å². The Kier molecular flexibility index (Phi) is 4.18. The van der Waals surface area contributed by atoms with Crippen LogP contribution in [0.5, 0.6) is 5.75 Å². The Bertz CT molecular complexity index is 260. The third-order valence-electron chi connectivity index (χ3n) is 1.09. The molecule has 3 nitrogen and oxygen atoms in total. The molecule has 0 aromatic heterocycles. The first-order valence-electron chi connectivity index (χ1n) is 2.72. The smallest absolute Gasteiger partial charge is 0.508 e. The molecule has 0 unspecified atom stereocenters. The first-order chi connectivity index (χ1) is 4.70. The van der Waals surface area contributed by atoms with Gasteiger partial charge in [0.2, 0.25) is 0 Å². The molecule has 2 N–H and O–H groups in total. The van der Waals surface area contributed by atoms with Crippen LogP contribution in [-0.4, -0.2) is 16.2 Å². The molecule has 0 aliphatic heterocycles. The molecule has 0 fully saturated rings. The van der Waals surface area contributed by atoms with Crippen LogP contribution in [0.4, 0.5) is 0 Å². The molecule has 0 heterocycles. The van der Waals surface area contributed by atoms with Crippen LogP contribution in [0.1, 0.15) is 10.4 Å². The van der Waals surface area contributed by atoms with E-state index in [1.165, 1.54) is 24.3 Å². The summed E-state index contributed by atoms with van der Waals surface area (Å²) in [7, 11) is 0. The van der Waals surface area contributed by atoms with E-state index in [-0.39, 0.29) is 40.9 Å². The van der Waals surface area contributed by atoms with Gasteiger partial charge in [0.15, 0.2) is 0 Å². The summed E-state index contributed by atoms with van der Waals surface area (Å²) in [6.07, 6.45) is 0. The van der Waals surface area contributed by atoms with Gasteiger partial charge in [0, 0.05) is 0 Å². The number of aromatic carboxylic acids is 1. The minimum absolute atomic E-state index is 0. The molecule has 0 aliphatic rings. The minimum atomic E-state index is -1.03. The minimum Gasteiger partial charge on any atom is -0.508 e. The van der Waals surface area contributed by atoms with Crippen molar-refractivity contribution in [2.75, 3.05) is 0 Å². The molecule has 0 aliphatic carbocycles. The normalized spacial score (nSPS) is 8.36. The summed E-state index contributed by atoms with van der Waals surface area (Å²) in [6, 6.07) is 5.52. The van der Waals surface area contributed by atoms with Gasteiger partial charge in [-0.15, -0.1) is 0 Å². The van der Waals surface area contributed by atoms with Crippen LogP contribution in [0, 0.1) is 0 Å². The summed E-state index contributed by atoms with van der Waals surface area (Å²) in [5.41, 5.74) is 0.0972. The van der Waals surface area contributed by atoms with Gasteiger partial charge < -0.3 is 10.2 Å². The molecule has 0 saturated carbocycles. The van der Waals surface area contributed by atoms with Crippen LogP contribution < -0.4 is 29.6 Å². The van der Waals surface area contributed by atoms with E-state index < -0.39 is 5.97 Å². The molecule has 0 radical (unpaired) electrons. The zero-order valence-electron chi connectivity index (χ0n) is 6.11. The quantitative estimate of drug-likeness (QED) is 0.473. The van der Waals surface area contributed by atoms with E-state index in [1.54, 1.807) is 0 Å². The summed E-state index contributed by atoms with van der Waals surface area (Å²) in [4.78, 5) is 10.2. The number of rotatable bonds is 1. The molecular formula is C7H6NaO3+. The van der Waals surface area contributed by atoms with Crippen LogP contribution in [0.3, 0.4) is 0 Å². The molecule has 52 valence electrons. The maximum absolute atomic E-state index is 10.2. The maximum Gasteiger partial charge on any atom is 1.00 e. The van der Waals surface area contributed by atoms with E-state index in [0.29, 0.717) is 0 Å². The summed E-state index contributed by atoms with van der Waals surface area (Å²) >= 11 is 0. The van der Waals surface area contributed by atoms with E-state index in [1.807, 2.05) is 0 Å². The van der Waals surface area contributed by atoms with Crippen LogP contribution >= 0.6 is 0 Å². The van der Waals surface area contributed by atoms with Crippen molar-refractivity contribution in [3.8, 4) is 5.75 Å². The Labute approximate surface area is 86.0 Å². The third-order valence-corrected chi connectivity index (χ3v) is 1.09. The maximum atomic E-state index is 10.2. The molecule has 0 atom stereocenters. The van der Waals surface area contributed by atoms with Gasteiger partial charge in [-0.3, -0.25) is 0 Å². The van der Waals surface area contributed by atoms with Crippen molar-refractivity contribution >= 4 is 5.97 Å². The third kappa shape index (κ3) is 2.93. The van der Waals surface area contributed by atoms with Gasteiger partial charge in [-0.05, 0) is 18.2 Å². The van der Waals surface area contributed by atoms with Crippen molar-refractivity contribution in [1.82, 2.24) is 0 Å². The molecule has 1 aromatic rings. The van der Waals surface area contributed by atoms with Gasteiger partial charge in [-0.1, -0.05) is 6.07 Å². The fourth-order valence-electron chi connectivity index (χ4n) is 0.639. The second-order valence-corrected chi connectivity index (χ2v) is 1.86. The predicted octanol–water partition coefficient (Wildman–Crippen LogP) is -1.91. The van der Waals surface area contributed by atoms with Crippen molar-refractivity contribution in [2.45, 2.75) is 0 Å². The van der Waals surface area contributed by atoms with Crippen molar-refractivity contribution in [1.29, 1.82) is 0 Å². The molecule has 1 aromatic carbocycles. The van der Waals surface area contributed by atoms with Crippen LogP contribution in [-0.2, 0) is 0 Å². The molecule has 0 saturated heterocycles. The summed E-state index contributed by atoms with van der Waals surface area (Å²) < 4.78 is 0. The number of carbonyl (C=O) groups is 1. The molecule has 11 heavy (non-hydrogen) atoms.